The third-order valence-corrected chi connectivity index (χ3v) is 14.2. The minimum Gasteiger partial charge on any atom is -0.476 e. The number of hydrogen-bond acceptors (Lipinski definition) is 11. The van der Waals surface area contributed by atoms with Gasteiger partial charge in [0.05, 0.1) is 28.6 Å². The minimum absolute atomic E-state index is 0.0270. The Morgan fingerprint density at radius 3 is 2.56 bits per heavy atom. The van der Waals surface area contributed by atoms with Gasteiger partial charge in [-0.15, -0.1) is 10.2 Å². The zero-order chi connectivity index (χ0) is 36.3. The van der Waals surface area contributed by atoms with E-state index < -0.39 is 5.97 Å². The number of anilines is 4. The molecule has 0 saturated heterocycles. The molecule has 5 aromatic rings. The molecule has 3 N–H and O–H groups in total. The number of aromatic nitrogens is 6. The zero-order valence-electron chi connectivity index (χ0n) is 30.6. The fraction of sp³-hybridized carbons (Fsp3) is 0.487. The summed E-state index contributed by atoms with van der Waals surface area (Å²) < 4.78 is 10.0. The van der Waals surface area contributed by atoms with Crippen molar-refractivity contribution >= 4 is 50.1 Å². The Morgan fingerprint density at radius 2 is 1.81 bits per heavy atom. The van der Waals surface area contributed by atoms with Gasteiger partial charge in [0, 0.05) is 42.4 Å². The molecule has 2 bridgehead atoms. The van der Waals surface area contributed by atoms with Gasteiger partial charge in [-0.3, -0.25) is 4.68 Å². The number of nitrogens with one attached hydrogen (secondary N) is 2. The van der Waals surface area contributed by atoms with E-state index in [-0.39, 0.29) is 22.1 Å². The number of rotatable bonds is 12. The van der Waals surface area contributed by atoms with Crippen LogP contribution in [0.25, 0.3) is 21.3 Å². The van der Waals surface area contributed by atoms with Crippen molar-refractivity contribution in [2.45, 2.75) is 71.9 Å². The van der Waals surface area contributed by atoms with Gasteiger partial charge < -0.3 is 25.4 Å². The van der Waals surface area contributed by atoms with Crippen LogP contribution in [0, 0.1) is 35.5 Å². The molecular weight excluding hydrogens is 675 g/mol. The number of benzene rings is 1. The largest absolute Gasteiger partial charge is 0.476 e. The highest BCUT2D eigenvalue weighted by molar-refractivity contribution is 7.22. The van der Waals surface area contributed by atoms with E-state index in [4.69, 9.17) is 9.84 Å². The van der Waals surface area contributed by atoms with Crippen LogP contribution in [0.15, 0.2) is 48.7 Å². The van der Waals surface area contributed by atoms with Gasteiger partial charge in [0.1, 0.15) is 5.82 Å². The highest BCUT2D eigenvalue weighted by Gasteiger charge is 2.93. The summed E-state index contributed by atoms with van der Waals surface area (Å²) in [6.45, 7) is 11.4. The average Bonchev–Trinajstić information content (AvgIpc) is 3.81. The van der Waals surface area contributed by atoms with Crippen LogP contribution in [0.2, 0.25) is 0 Å². The molecule has 0 radical (unpaired) electrons. The van der Waals surface area contributed by atoms with Crippen LogP contribution in [-0.4, -0.2) is 73.9 Å². The fourth-order valence-electron chi connectivity index (χ4n) is 11.8. The first-order valence-electron chi connectivity index (χ1n) is 18.1. The number of hydrogen-bond donors (Lipinski definition) is 3. The van der Waals surface area contributed by atoms with Gasteiger partial charge in [-0.2, -0.15) is 5.10 Å². The van der Waals surface area contributed by atoms with Crippen molar-refractivity contribution in [1.29, 1.82) is 0 Å². The van der Waals surface area contributed by atoms with Gasteiger partial charge in [-0.05, 0) is 105 Å². The summed E-state index contributed by atoms with van der Waals surface area (Å²) in [7, 11) is 3.79. The van der Waals surface area contributed by atoms with Crippen molar-refractivity contribution in [2.24, 2.45) is 21.7 Å². The average molecular weight is 720 g/mol. The van der Waals surface area contributed by atoms with Crippen molar-refractivity contribution in [3.8, 4) is 11.1 Å². The molecule has 5 unspecified atom stereocenters. The SMILES string of the molecule is CNCCOC12CC3(Cn4ncc(-c5ccc(N(C)c6cc(C)c(Nc7nc8ccccc8s7)nn6)nc5C(=O)O)c4C)CC4(C)CC(C)(C1)C42C3. The first-order valence-corrected chi connectivity index (χ1v) is 18.9. The van der Waals surface area contributed by atoms with E-state index in [1.54, 1.807) is 22.4 Å². The molecule has 1 aromatic carbocycles. The van der Waals surface area contributed by atoms with Crippen LogP contribution in [-0.2, 0) is 11.3 Å². The number of thiazole rings is 1. The molecule has 12 nitrogen and oxygen atoms in total. The van der Waals surface area contributed by atoms with Gasteiger partial charge in [-0.25, -0.2) is 14.8 Å². The summed E-state index contributed by atoms with van der Waals surface area (Å²) in [4.78, 5) is 23.7. The molecule has 4 fully saturated rings. The number of ether oxygens (including phenoxy) is 1. The topological polar surface area (TPSA) is 143 Å². The Balaban J connectivity index is 0.958. The lowest BCUT2D eigenvalue weighted by atomic mass is 9.24. The molecule has 5 atom stereocenters. The standard InChI is InChI=1S/C39H45N9O3S/c1-23-15-30(45-46-32(23)44-34-42-27-9-7-8-10-28(27)52-34)47(6)29-12-11-25(31(43-29)33(49)50)26-16-41-48(24(26)2)22-37-18-35(3)17-36(4)19-38(20-37,39(35,36)21-37)51-14-13-40-5/h7-12,15-16,40H,13-14,17-22H2,1-6H3,(H,49,50)(H,42,44,46). The van der Waals surface area contributed by atoms with Crippen molar-refractivity contribution < 1.29 is 14.6 Å². The van der Waals surface area contributed by atoms with Gasteiger partial charge in [-0.1, -0.05) is 37.3 Å². The maximum absolute atomic E-state index is 12.7. The van der Waals surface area contributed by atoms with E-state index in [0.717, 1.165) is 64.7 Å². The lowest BCUT2D eigenvalue weighted by Gasteiger charge is -2.82. The number of carboxylic acid groups (broad SMARTS) is 1. The van der Waals surface area contributed by atoms with Crippen molar-refractivity contribution in [3.05, 3.63) is 65.6 Å². The molecule has 4 aliphatic carbocycles. The highest BCUT2D eigenvalue weighted by Crippen LogP contribution is 2.95. The predicted molar refractivity (Wildman–Crippen MR) is 202 cm³/mol. The molecule has 1 spiro atoms. The van der Waals surface area contributed by atoms with E-state index in [0.29, 0.717) is 33.8 Å². The minimum atomic E-state index is -1.10. The molecule has 0 amide bonds. The number of para-hydroxylation sites is 1. The first-order chi connectivity index (χ1) is 24.8. The second-order valence-electron chi connectivity index (χ2n) is 16.4. The second kappa shape index (κ2) is 11.3. The van der Waals surface area contributed by atoms with Gasteiger partial charge in [0.15, 0.2) is 22.5 Å². The summed E-state index contributed by atoms with van der Waals surface area (Å²) in [6, 6.07) is 13.5. The number of likely N-dealkylation sites (N-methyl/N-ethyl adjacent to an activating group) is 1. The van der Waals surface area contributed by atoms with Crippen LogP contribution in [0.5, 0.6) is 0 Å². The monoisotopic (exact) mass is 719 g/mol. The summed E-state index contributed by atoms with van der Waals surface area (Å²) >= 11 is 1.55. The Kier molecular flexibility index (Phi) is 7.24. The molecule has 52 heavy (non-hydrogen) atoms. The Hall–Kier alpha value is -4.46. The number of carbonyl (C=O) groups is 1. The molecule has 4 heterocycles. The van der Waals surface area contributed by atoms with Crippen LogP contribution >= 0.6 is 11.3 Å². The third-order valence-electron chi connectivity index (χ3n) is 13.2. The second-order valence-corrected chi connectivity index (χ2v) is 17.5. The number of fused-ring (bicyclic) bond motifs is 2. The predicted octanol–water partition coefficient (Wildman–Crippen LogP) is 7.14. The smallest absolute Gasteiger partial charge is 0.355 e. The zero-order valence-corrected chi connectivity index (χ0v) is 31.4. The van der Waals surface area contributed by atoms with Crippen LogP contribution in [0.1, 0.15) is 67.7 Å². The molecule has 13 heteroatoms. The first kappa shape index (κ1) is 33.4. The maximum atomic E-state index is 12.7. The molecular formula is C39H45N9O3S. The molecule has 9 rings (SSSR count). The highest BCUT2D eigenvalue weighted by atomic mass is 32.1. The number of aromatic carboxylic acids is 1. The molecule has 4 aromatic heterocycles. The van der Waals surface area contributed by atoms with Gasteiger partial charge >= 0.3 is 5.97 Å². The normalized spacial score (nSPS) is 29.5. The van der Waals surface area contributed by atoms with E-state index in [1.807, 2.05) is 70.4 Å². The number of aryl methyl sites for hydroxylation is 1. The number of pyridine rings is 1. The van der Waals surface area contributed by atoms with Crippen LogP contribution in [0.4, 0.5) is 22.6 Å². The molecule has 4 aliphatic rings. The van der Waals surface area contributed by atoms with Gasteiger partial charge in [0.2, 0.25) is 0 Å². The van der Waals surface area contributed by atoms with E-state index in [1.165, 1.54) is 19.3 Å². The molecule has 4 saturated carbocycles. The van der Waals surface area contributed by atoms with E-state index >= 15 is 0 Å². The maximum Gasteiger partial charge on any atom is 0.355 e. The van der Waals surface area contributed by atoms with E-state index in [9.17, 15) is 9.90 Å². The van der Waals surface area contributed by atoms with Crippen molar-refractivity contribution in [2.75, 3.05) is 37.5 Å². The summed E-state index contributed by atoms with van der Waals surface area (Å²) in [5, 5.41) is 31.4. The van der Waals surface area contributed by atoms with Crippen LogP contribution in [0.3, 0.4) is 0 Å². The summed E-state index contributed by atoms with van der Waals surface area (Å²) in [5.41, 5.74) is 5.00. The van der Waals surface area contributed by atoms with Crippen molar-refractivity contribution in [1.82, 2.24) is 35.3 Å². The Labute approximate surface area is 307 Å². The number of carboxylic acids is 1. The lowest BCUT2D eigenvalue weighted by Crippen LogP contribution is -2.81. The van der Waals surface area contributed by atoms with Crippen LogP contribution < -0.4 is 15.5 Å². The molecule has 270 valence electrons. The summed E-state index contributed by atoms with van der Waals surface area (Å²) in [6.07, 6.45) is 7.65. The van der Waals surface area contributed by atoms with Gasteiger partial charge in [0.25, 0.3) is 0 Å². The lowest BCUT2D eigenvalue weighted by molar-refractivity contribution is -0.387. The third kappa shape index (κ3) is 4.51. The summed E-state index contributed by atoms with van der Waals surface area (Å²) in [5.74, 6) is 0.501. The Bertz CT molecular complexity index is 2240. The fourth-order valence-corrected chi connectivity index (χ4v) is 12.7. The molecule has 0 aliphatic heterocycles. The Morgan fingerprint density at radius 1 is 1.00 bits per heavy atom. The number of nitrogens with zero attached hydrogens (tertiary/aromatic N) is 7. The van der Waals surface area contributed by atoms with Crippen molar-refractivity contribution in [3.63, 3.8) is 0 Å². The quantitative estimate of drug-likeness (QED) is 0.113. The van der Waals surface area contributed by atoms with E-state index in [2.05, 4.69) is 49.3 Å².